The zero-order valence-corrected chi connectivity index (χ0v) is 15.1. The molecule has 0 atom stereocenters. The van der Waals surface area contributed by atoms with Crippen molar-refractivity contribution in [2.45, 2.75) is 6.92 Å². The SMILES string of the molecule is CCOC(=O)N1CCN(c2nc(-c3cccc(OC)c3OC)no2)CC1. The number of aromatic nitrogens is 2. The average molecular weight is 362 g/mol. The number of nitrogens with zero attached hydrogens (tertiary/aromatic N) is 4. The summed E-state index contributed by atoms with van der Waals surface area (Å²) >= 11 is 0. The number of hydrogen-bond donors (Lipinski definition) is 0. The molecule has 1 aliphatic heterocycles. The van der Waals surface area contributed by atoms with Gasteiger partial charge in [0.2, 0.25) is 5.82 Å². The standard InChI is InChI=1S/C17H22N4O5/c1-4-25-17(22)21-10-8-20(9-11-21)16-18-15(19-26-16)12-6-5-7-13(23-2)14(12)24-3/h5-7H,4,8-11H2,1-3H3. The van der Waals surface area contributed by atoms with Crippen LogP contribution in [-0.2, 0) is 4.74 Å². The van der Waals surface area contributed by atoms with Crippen molar-refractivity contribution in [1.29, 1.82) is 0 Å². The second kappa shape index (κ2) is 7.94. The van der Waals surface area contributed by atoms with Gasteiger partial charge in [0.05, 0.1) is 26.4 Å². The van der Waals surface area contributed by atoms with E-state index in [0.29, 0.717) is 61.7 Å². The molecule has 1 aromatic carbocycles. The number of methoxy groups -OCH3 is 2. The summed E-state index contributed by atoms with van der Waals surface area (Å²) in [4.78, 5) is 19.9. The van der Waals surface area contributed by atoms with E-state index in [2.05, 4.69) is 10.1 Å². The lowest BCUT2D eigenvalue weighted by molar-refractivity contribution is 0.104. The summed E-state index contributed by atoms with van der Waals surface area (Å²) in [7, 11) is 3.14. The summed E-state index contributed by atoms with van der Waals surface area (Å²) in [5.74, 6) is 1.57. The quantitative estimate of drug-likeness (QED) is 0.798. The molecule has 0 aliphatic carbocycles. The summed E-state index contributed by atoms with van der Waals surface area (Å²) in [6, 6.07) is 5.89. The Labute approximate surface area is 151 Å². The monoisotopic (exact) mass is 362 g/mol. The highest BCUT2D eigenvalue weighted by Crippen LogP contribution is 2.37. The normalized spacial score (nSPS) is 14.3. The van der Waals surface area contributed by atoms with Crippen LogP contribution in [0.15, 0.2) is 22.7 Å². The first-order valence-corrected chi connectivity index (χ1v) is 8.39. The van der Waals surface area contributed by atoms with Crippen molar-refractivity contribution >= 4 is 12.1 Å². The number of rotatable bonds is 5. The van der Waals surface area contributed by atoms with Crippen molar-refractivity contribution < 1.29 is 23.5 Å². The van der Waals surface area contributed by atoms with E-state index in [1.54, 1.807) is 32.1 Å². The number of carbonyl (C=O) groups is 1. The van der Waals surface area contributed by atoms with Gasteiger partial charge in [-0.15, -0.1) is 0 Å². The van der Waals surface area contributed by atoms with Crippen molar-refractivity contribution in [1.82, 2.24) is 15.0 Å². The van der Waals surface area contributed by atoms with Crippen LogP contribution in [0.1, 0.15) is 6.92 Å². The molecule has 0 bridgehead atoms. The Kier molecular flexibility index (Phi) is 5.45. The molecule has 3 rings (SSSR count). The third kappa shape index (κ3) is 3.51. The van der Waals surface area contributed by atoms with Crippen molar-refractivity contribution in [2.75, 3.05) is 51.9 Å². The summed E-state index contributed by atoms with van der Waals surface area (Å²) in [6.45, 7) is 4.43. The van der Waals surface area contributed by atoms with Gasteiger partial charge in [0.1, 0.15) is 0 Å². The molecule has 1 aromatic heterocycles. The molecule has 2 heterocycles. The topological polar surface area (TPSA) is 90.2 Å². The summed E-state index contributed by atoms with van der Waals surface area (Å²) in [6.07, 6.45) is -0.292. The summed E-state index contributed by atoms with van der Waals surface area (Å²) in [5, 5.41) is 4.06. The number of ether oxygens (including phenoxy) is 3. The average Bonchev–Trinajstić information content (AvgIpc) is 3.17. The lowest BCUT2D eigenvalue weighted by atomic mass is 10.2. The molecule has 140 valence electrons. The Bertz CT molecular complexity index is 755. The highest BCUT2D eigenvalue weighted by atomic mass is 16.6. The molecule has 1 fully saturated rings. The van der Waals surface area contributed by atoms with Gasteiger partial charge in [-0.3, -0.25) is 0 Å². The van der Waals surface area contributed by atoms with Gasteiger partial charge in [-0.25, -0.2) is 4.79 Å². The largest absolute Gasteiger partial charge is 0.493 e. The predicted octanol–water partition coefficient (Wildman–Crippen LogP) is 2.03. The Morgan fingerprint density at radius 1 is 1.19 bits per heavy atom. The molecule has 1 amide bonds. The summed E-state index contributed by atoms with van der Waals surface area (Å²) < 4.78 is 21.2. The number of para-hydroxylation sites is 1. The molecule has 2 aromatic rings. The molecule has 1 aliphatic rings. The molecule has 0 radical (unpaired) electrons. The van der Waals surface area contributed by atoms with Gasteiger partial charge in [0.15, 0.2) is 11.5 Å². The molecule has 0 unspecified atom stereocenters. The van der Waals surface area contributed by atoms with Gasteiger partial charge in [0, 0.05) is 26.2 Å². The van der Waals surface area contributed by atoms with E-state index in [1.165, 1.54) is 0 Å². The van der Waals surface area contributed by atoms with Crippen LogP contribution >= 0.6 is 0 Å². The van der Waals surface area contributed by atoms with Crippen LogP contribution in [0, 0.1) is 0 Å². The van der Waals surface area contributed by atoms with Gasteiger partial charge in [-0.2, -0.15) is 4.98 Å². The van der Waals surface area contributed by atoms with Crippen molar-refractivity contribution in [3.63, 3.8) is 0 Å². The zero-order chi connectivity index (χ0) is 18.5. The number of anilines is 1. The van der Waals surface area contributed by atoms with E-state index in [0.717, 1.165) is 0 Å². The van der Waals surface area contributed by atoms with Gasteiger partial charge >= 0.3 is 12.1 Å². The molecule has 0 saturated carbocycles. The van der Waals surface area contributed by atoms with Crippen LogP contribution in [0.25, 0.3) is 11.4 Å². The van der Waals surface area contributed by atoms with Crippen LogP contribution in [0.2, 0.25) is 0 Å². The van der Waals surface area contributed by atoms with Gasteiger partial charge in [0.25, 0.3) is 0 Å². The molecule has 9 heteroatoms. The van der Waals surface area contributed by atoms with E-state index in [4.69, 9.17) is 18.7 Å². The Balaban J connectivity index is 1.73. The van der Waals surface area contributed by atoms with Gasteiger partial charge in [-0.05, 0) is 19.1 Å². The molecule has 26 heavy (non-hydrogen) atoms. The smallest absolute Gasteiger partial charge is 0.409 e. The molecular weight excluding hydrogens is 340 g/mol. The van der Waals surface area contributed by atoms with E-state index < -0.39 is 0 Å². The number of benzene rings is 1. The van der Waals surface area contributed by atoms with Crippen LogP contribution in [0.5, 0.6) is 11.5 Å². The third-order valence-corrected chi connectivity index (χ3v) is 4.14. The van der Waals surface area contributed by atoms with Crippen LogP contribution < -0.4 is 14.4 Å². The number of amides is 1. The maximum atomic E-state index is 11.8. The Morgan fingerprint density at radius 2 is 1.96 bits per heavy atom. The van der Waals surface area contributed by atoms with Crippen molar-refractivity contribution in [2.24, 2.45) is 0 Å². The van der Waals surface area contributed by atoms with Crippen LogP contribution in [0.3, 0.4) is 0 Å². The fraction of sp³-hybridized carbons (Fsp3) is 0.471. The van der Waals surface area contributed by atoms with E-state index in [9.17, 15) is 4.79 Å². The van der Waals surface area contributed by atoms with Crippen molar-refractivity contribution in [3.05, 3.63) is 18.2 Å². The molecule has 9 nitrogen and oxygen atoms in total. The lowest BCUT2D eigenvalue weighted by Crippen LogP contribution is -2.49. The Hall–Kier alpha value is -2.97. The maximum Gasteiger partial charge on any atom is 0.409 e. The minimum Gasteiger partial charge on any atom is -0.493 e. The minimum atomic E-state index is -0.292. The predicted molar refractivity (Wildman–Crippen MR) is 93.6 cm³/mol. The molecule has 1 saturated heterocycles. The van der Waals surface area contributed by atoms with E-state index in [1.807, 2.05) is 17.0 Å². The summed E-state index contributed by atoms with van der Waals surface area (Å²) in [5.41, 5.74) is 0.687. The molecular formula is C17H22N4O5. The van der Waals surface area contributed by atoms with Crippen molar-refractivity contribution in [3.8, 4) is 22.9 Å². The van der Waals surface area contributed by atoms with Crippen LogP contribution in [-0.4, -0.2) is 68.1 Å². The zero-order valence-electron chi connectivity index (χ0n) is 15.1. The maximum absolute atomic E-state index is 11.8. The first kappa shape index (κ1) is 17.8. The number of carbonyl (C=O) groups excluding carboxylic acids is 1. The fourth-order valence-corrected chi connectivity index (χ4v) is 2.81. The highest BCUT2D eigenvalue weighted by molar-refractivity contribution is 5.69. The first-order valence-electron chi connectivity index (χ1n) is 8.39. The van der Waals surface area contributed by atoms with E-state index in [-0.39, 0.29) is 6.09 Å². The first-order chi connectivity index (χ1) is 12.7. The second-order valence-electron chi connectivity index (χ2n) is 5.61. The van der Waals surface area contributed by atoms with E-state index >= 15 is 0 Å². The minimum absolute atomic E-state index is 0.292. The Morgan fingerprint density at radius 3 is 2.62 bits per heavy atom. The van der Waals surface area contributed by atoms with Gasteiger partial charge < -0.3 is 28.5 Å². The second-order valence-corrected chi connectivity index (χ2v) is 5.61. The third-order valence-electron chi connectivity index (χ3n) is 4.14. The molecule has 0 spiro atoms. The lowest BCUT2D eigenvalue weighted by Gasteiger charge is -2.32. The fourth-order valence-electron chi connectivity index (χ4n) is 2.81. The highest BCUT2D eigenvalue weighted by Gasteiger charge is 2.26. The number of piperazine rings is 1. The molecule has 0 N–H and O–H groups in total. The van der Waals surface area contributed by atoms with Gasteiger partial charge in [-0.1, -0.05) is 11.2 Å². The number of hydrogen-bond acceptors (Lipinski definition) is 8. The van der Waals surface area contributed by atoms with Crippen LogP contribution in [0.4, 0.5) is 10.8 Å².